The van der Waals surface area contributed by atoms with E-state index in [1.807, 2.05) is 56.0 Å². The second kappa shape index (κ2) is 7.46. The second-order valence-corrected chi connectivity index (χ2v) is 6.39. The van der Waals surface area contributed by atoms with Gasteiger partial charge in [0.25, 0.3) is 0 Å². The Hall–Kier alpha value is -2.70. The first-order chi connectivity index (χ1) is 12.0. The van der Waals surface area contributed by atoms with Crippen LogP contribution in [0.15, 0.2) is 34.9 Å². The first-order valence-electron chi connectivity index (χ1n) is 8.52. The van der Waals surface area contributed by atoms with Gasteiger partial charge in [0, 0.05) is 37.9 Å². The molecule has 0 aliphatic carbocycles. The van der Waals surface area contributed by atoms with Crippen LogP contribution in [0, 0.1) is 6.92 Å². The maximum Gasteiger partial charge on any atom is 0.321 e. The SMILES string of the molecule is Cc1cc(N2CCN(C(=O)Nc3ccc(OC(C)C)cc3)CC2)no1. The molecule has 0 radical (unpaired) electrons. The van der Waals surface area contributed by atoms with E-state index in [-0.39, 0.29) is 12.1 Å². The van der Waals surface area contributed by atoms with Crippen molar-refractivity contribution in [2.75, 3.05) is 36.4 Å². The Kier molecular flexibility index (Phi) is 5.11. The molecule has 2 amide bonds. The molecule has 25 heavy (non-hydrogen) atoms. The van der Waals surface area contributed by atoms with Crippen molar-refractivity contribution < 1.29 is 14.1 Å². The van der Waals surface area contributed by atoms with Crippen LogP contribution < -0.4 is 15.0 Å². The largest absolute Gasteiger partial charge is 0.491 e. The Bertz CT molecular complexity index is 703. The number of hydrogen-bond acceptors (Lipinski definition) is 5. The summed E-state index contributed by atoms with van der Waals surface area (Å²) in [6.45, 7) is 8.60. The van der Waals surface area contributed by atoms with E-state index in [1.54, 1.807) is 0 Å². The molecule has 1 N–H and O–H groups in total. The highest BCUT2D eigenvalue weighted by molar-refractivity contribution is 5.89. The zero-order valence-electron chi connectivity index (χ0n) is 14.9. The molecule has 1 fully saturated rings. The number of piperazine rings is 1. The van der Waals surface area contributed by atoms with Gasteiger partial charge in [0.2, 0.25) is 0 Å². The molecule has 7 heteroatoms. The van der Waals surface area contributed by atoms with Crippen molar-refractivity contribution in [2.45, 2.75) is 26.9 Å². The van der Waals surface area contributed by atoms with Crippen LogP contribution in [0.3, 0.4) is 0 Å². The van der Waals surface area contributed by atoms with E-state index in [1.165, 1.54) is 0 Å². The third-order valence-corrected chi connectivity index (χ3v) is 3.98. The van der Waals surface area contributed by atoms with Gasteiger partial charge in [0.15, 0.2) is 5.82 Å². The standard InChI is InChI=1S/C18H24N4O3/c1-13(2)24-16-6-4-15(5-7-16)19-18(23)22-10-8-21(9-11-22)17-12-14(3)25-20-17/h4-7,12-13H,8-11H2,1-3H3,(H,19,23). The molecule has 134 valence electrons. The van der Waals surface area contributed by atoms with Crippen molar-refractivity contribution in [1.29, 1.82) is 0 Å². The van der Waals surface area contributed by atoms with Crippen LogP contribution in [-0.2, 0) is 0 Å². The van der Waals surface area contributed by atoms with E-state index in [2.05, 4.69) is 15.4 Å². The number of amides is 2. The van der Waals surface area contributed by atoms with Crippen LogP contribution in [0.25, 0.3) is 0 Å². The van der Waals surface area contributed by atoms with Crippen molar-refractivity contribution >= 4 is 17.5 Å². The Labute approximate surface area is 147 Å². The van der Waals surface area contributed by atoms with E-state index in [0.29, 0.717) is 13.1 Å². The summed E-state index contributed by atoms with van der Waals surface area (Å²) in [4.78, 5) is 16.3. The molecule has 1 aliphatic heterocycles. The molecule has 1 aromatic heterocycles. The molecule has 2 aromatic rings. The first kappa shape index (κ1) is 17.1. The van der Waals surface area contributed by atoms with Crippen LogP contribution in [0.2, 0.25) is 0 Å². The number of ether oxygens (including phenoxy) is 1. The van der Waals surface area contributed by atoms with E-state index in [4.69, 9.17) is 9.26 Å². The fourth-order valence-electron chi connectivity index (χ4n) is 2.73. The third kappa shape index (κ3) is 4.43. The Morgan fingerprint density at radius 2 is 1.88 bits per heavy atom. The topological polar surface area (TPSA) is 70.8 Å². The molecule has 2 heterocycles. The number of rotatable bonds is 4. The summed E-state index contributed by atoms with van der Waals surface area (Å²) in [6.07, 6.45) is 0.130. The smallest absolute Gasteiger partial charge is 0.321 e. The molecule has 1 saturated heterocycles. The molecule has 7 nitrogen and oxygen atoms in total. The number of nitrogens with zero attached hydrogens (tertiary/aromatic N) is 3. The normalized spacial score (nSPS) is 14.7. The fourth-order valence-corrected chi connectivity index (χ4v) is 2.73. The molecule has 1 aromatic carbocycles. The quantitative estimate of drug-likeness (QED) is 0.923. The Morgan fingerprint density at radius 1 is 1.20 bits per heavy atom. The summed E-state index contributed by atoms with van der Waals surface area (Å²) in [7, 11) is 0. The monoisotopic (exact) mass is 344 g/mol. The van der Waals surface area contributed by atoms with E-state index in [9.17, 15) is 4.79 Å². The highest BCUT2D eigenvalue weighted by atomic mass is 16.5. The predicted octanol–water partition coefficient (Wildman–Crippen LogP) is 3.12. The van der Waals surface area contributed by atoms with Crippen LogP contribution in [0.1, 0.15) is 19.6 Å². The van der Waals surface area contributed by atoms with Crippen LogP contribution in [0.4, 0.5) is 16.3 Å². The highest BCUT2D eigenvalue weighted by Gasteiger charge is 2.22. The third-order valence-electron chi connectivity index (χ3n) is 3.98. The summed E-state index contributed by atoms with van der Waals surface area (Å²) >= 11 is 0. The fraction of sp³-hybridized carbons (Fsp3) is 0.444. The van der Waals surface area contributed by atoms with Gasteiger partial charge in [-0.15, -0.1) is 0 Å². The lowest BCUT2D eigenvalue weighted by Crippen LogP contribution is -2.50. The van der Waals surface area contributed by atoms with Gasteiger partial charge < -0.3 is 24.4 Å². The Morgan fingerprint density at radius 3 is 2.44 bits per heavy atom. The summed E-state index contributed by atoms with van der Waals surface area (Å²) in [6, 6.07) is 9.25. The zero-order valence-corrected chi connectivity index (χ0v) is 14.9. The van der Waals surface area contributed by atoms with Crippen molar-refractivity contribution in [3.63, 3.8) is 0 Å². The highest BCUT2D eigenvalue weighted by Crippen LogP contribution is 2.19. The molecular weight excluding hydrogens is 320 g/mol. The number of benzene rings is 1. The summed E-state index contributed by atoms with van der Waals surface area (Å²) in [5.41, 5.74) is 0.760. The summed E-state index contributed by atoms with van der Waals surface area (Å²) < 4.78 is 10.7. The summed E-state index contributed by atoms with van der Waals surface area (Å²) in [5, 5.41) is 6.96. The van der Waals surface area contributed by atoms with Gasteiger partial charge in [0.1, 0.15) is 11.5 Å². The van der Waals surface area contributed by atoms with E-state index >= 15 is 0 Å². The average molecular weight is 344 g/mol. The number of anilines is 2. The number of nitrogens with one attached hydrogen (secondary N) is 1. The van der Waals surface area contributed by atoms with Crippen LogP contribution in [0.5, 0.6) is 5.75 Å². The van der Waals surface area contributed by atoms with Gasteiger partial charge in [-0.3, -0.25) is 0 Å². The maximum absolute atomic E-state index is 12.4. The van der Waals surface area contributed by atoms with Crippen molar-refractivity contribution in [1.82, 2.24) is 10.1 Å². The lowest BCUT2D eigenvalue weighted by Gasteiger charge is -2.34. The lowest BCUT2D eigenvalue weighted by molar-refractivity contribution is 0.208. The maximum atomic E-state index is 12.4. The minimum Gasteiger partial charge on any atom is -0.491 e. The second-order valence-electron chi connectivity index (χ2n) is 6.39. The van der Waals surface area contributed by atoms with E-state index in [0.717, 1.165) is 36.1 Å². The number of hydrogen-bond donors (Lipinski definition) is 1. The molecule has 0 unspecified atom stereocenters. The number of aromatic nitrogens is 1. The zero-order chi connectivity index (χ0) is 17.8. The lowest BCUT2D eigenvalue weighted by atomic mass is 10.3. The van der Waals surface area contributed by atoms with Crippen molar-refractivity contribution in [3.05, 3.63) is 36.1 Å². The number of carbonyl (C=O) groups excluding carboxylic acids is 1. The molecule has 0 saturated carbocycles. The van der Waals surface area contributed by atoms with Gasteiger partial charge in [-0.25, -0.2) is 4.79 Å². The van der Waals surface area contributed by atoms with Gasteiger partial charge >= 0.3 is 6.03 Å². The van der Waals surface area contributed by atoms with Crippen LogP contribution >= 0.6 is 0 Å². The van der Waals surface area contributed by atoms with Gasteiger partial charge in [-0.1, -0.05) is 5.16 Å². The number of aryl methyl sites for hydroxylation is 1. The number of urea groups is 1. The van der Waals surface area contributed by atoms with Crippen molar-refractivity contribution in [2.24, 2.45) is 0 Å². The van der Waals surface area contributed by atoms with Gasteiger partial charge in [-0.05, 0) is 45.0 Å². The molecule has 3 rings (SSSR count). The first-order valence-corrected chi connectivity index (χ1v) is 8.52. The minimum absolute atomic E-state index is 0.0893. The predicted molar refractivity (Wildman–Crippen MR) is 96.3 cm³/mol. The molecule has 1 aliphatic rings. The number of carbonyl (C=O) groups is 1. The Balaban J connectivity index is 1.51. The minimum atomic E-state index is -0.0893. The molecule has 0 atom stereocenters. The molecule has 0 bridgehead atoms. The van der Waals surface area contributed by atoms with Crippen LogP contribution in [-0.4, -0.2) is 48.4 Å². The average Bonchev–Trinajstić information content (AvgIpc) is 3.03. The van der Waals surface area contributed by atoms with Gasteiger partial charge in [-0.2, -0.15) is 0 Å². The molecule has 0 spiro atoms. The van der Waals surface area contributed by atoms with Gasteiger partial charge in [0.05, 0.1) is 6.10 Å². The molecular formula is C18H24N4O3. The van der Waals surface area contributed by atoms with Crippen molar-refractivity contribution in [3.8, 4) is 5.75 Å². The summed E-state index contributed by atoms with van der Waals surface area (Å²) in [5.74, 6) is 2.42. The van der Waals surface area contributed by atoms with E-state index < -0.39 is 0 Å².